The quantitative estimate of drug-likeness (QED) is 0.807. The SMILES string of the molecule is CC1(C)OB(C(F)=CCn2cc(-c3ccccn3)cn2)OC1(C)C. The van der Waals surface area contributed by atoms with Gasteiger partial charge in [-0.2, -0.15) is 5.10 Å². The molecule has 0 spiro atoms. The molecule has 0 aromatic carbocycles. The van der Waals surface area contributed by atoms with Crippen LogP contribution in [0.5, 0.6) is 0 Å². The number of aromatic nitrogens is 3. The van der Waals surface area contributed by atoms with Crippen molar-refractivity contribution in [3.05, 3.63) is 48.6 Å². The molecule has 1 saturated heterocycles. The van der Waals surface area contributed by atoms with E-state index in [0.717, 1.165) is 11.3 Å². The molecule has 0 bridgehead atoms. The van der Waals surface area contributed by atoms with Crippen LogP contribution < -0.4 is 0 Å². The lowest BCUT2D eigenvalue weighted by Gasteiger charge is -2.32. The van der Waals surface area contributed by atoms with Gasteiger partial charge in [-0.15, -0.1) is 0 Å². The van der Waals surface area contributed by atoms with Gasteiger partial charge in [0.05, 0.1) is 29.6 Å². The highest BCUT2D eigenvalue weighted by Gasteiger charge is 2.52. The molecule has 24 heavy (non-hydrogen) atoms. The molecule has 5 nitrogen and oxygen atoms in total. The van der Waals surface area contributed by atoms with Gasteiger partial charge in [-0.1, -0.05) is 6.07 Å². The molecule has 1 aliphatic heterocycles. The molecule has 2 aromatic heterocycles. The first-order valence-corrected chi connectivity index (χ1v) is 7.93. The molecule has 1 fully saturated rings. The van der Waals surface area contributed by atoms with E-state index < -0.39 is 24.0 Å². The number of allylic oxidation sites excluding steroid dienone is 1. The van der Waals surface area contributed by atoms with E-state index in [1.54, 1.807) is 17.1 Å². The Morgan fingerprint density at radius 3 is 2.58 bits per heavy atom. The van der Waals surface area contributed by atoms with Crippen LogP contribution in [-0.2, 0) is 15.9 Å². The molecular formula is C17H21BFN3O2. The van der Waals surface area contributed by atoms with Crippen LogP contribution in [-0.4, -0.2) is 33.1 Å². The van der Waals surface area contributed by atoms with Crippen molar-refractivity contribution in [3.8, 4) is 11.3 Å². The van der Waals surface area contributed by atoms with Crippen molar-refractivity contribution >= 4 is 7.12 Å². The predicted octanol–water partition coefficient (Wildman–Crippen LogP) is 3.43. The van der Waals surface area contributed by atoms with E-state index in [2.05, 4.69) is 10.1 Å². The summed E-state index contributed by atoms with van der Waals surface area (Å²) in [6, 6.07) is 5.68. The van der Waals surface area contributed by atoms with Crippen LogP contribution in [0.4, 0.5) is 4.39 Å². The van der Waals surface area contributed by atoms with E-state index in [1.807, 2.05) is 52.1 Å². The van der Waals surface area contributed by atoms with Crippen LogP contribution in [0.15, 0.2) is 48.6 Å². The van der Waals surface area contributed by atoms with Crippen molar-refractivity contribution in [2.75, 3.05) is 0 Å². The molecule has 0 unspecified atom stereocenters. The second kappa shape index (κ2) is 6.14. The van der Waals surface area contributed by atoms with Gasteiger partial charge >= 0.3 is 7.12 Å². The van der Waals surface area contributed by atoms with Gasteiger partial charge in [0.1, 0.15) is 5.73 Å². The average molecular weight is 329 g/mol. The molecule has 0 N–H and O–H groups in total. The number of pyridine rings is 1. The Morgan fingerprint density at radius 2 is 1.96 bits per heavy atom. The Bertz CT molecular complexity index is 727. The van der Waals surface area contributed by atoms with Crippen LogP contribution in [0.25, 0.3) is 11.3 Å². The maximum absolute atomic E-state index is 14.4. The average Bonchev–Trinajstić information content (AvgIpc) is 3.08. The topological polar surface area (TPSA) is 49.2 Å². The highest BCUT2D eigenvalue weighted by Crippen LogP contribution is 2.38. The Kier molecular flexibility index (Phi) is 4.32. The third-order valence-corrected chi connectivity index (χ3v) is 4.55. The Morgan fingerprint density at radius 1 is 1.25 bits per heavy atom. The number of rotatable bonds is 4. The number of hydrogen-bond acceptors (Lipinski definition) is 4. The van der Waals surface area contributed by atoms with Crippen LogP contribution in [0.3, 0.4) is 0 Å². The summed E-state index contributed by atoms with van der Waals surface area (Å²) in [7, 11) is -0.971. The van der Waals surface area contributed by atoms with Gasteiger partial charge in [-0.3, -0.25) is 9.67 Å². The van der Waals surface area contributed by atoms with Crippen LogP contribution in [0.2, 0.25) is 0 Å². The van der Waals surface area contributed by atoms with Gasteiger partial charge in [-0.25, -0.2) is 4.39 Å². The summed E-state index contributed by atoms with van der Waals surface area (Å²) in [6.45, 7) is 7.88. The third kappa shape index (κ3) is 3.27. The summed E-state index contributed by atoms with van der Waals surface area (Å²) in [6.07, 6.45) is 6.70. The minimum Gasteiger partial charge on any atom is -0.398 e. The predicted molar refractivity (Wildman–Crippen MR) is 90.7 cm³/mol. The fourth-order valence-corrected chi connectivity index (χ4v) is 2.36. The zero-order valence-corrected chi connectivity index (χ0v) is 14.4. The Balaban J connectivity index is 1.67. The maximum atomic E-state index is 14.4. The summed E-state index contributed by atoms with van der Waals surface area (Å²) in [5, 5.41) is 4.23. The van der Waals surface area contributed by atoms with E-state index in [-0.39, 0.29) is 0 Å². The summed E-state index contributed by atoms with van der Waals surface area (Å²) >= 11 is 0. The Hall–Kier alpha value is -1.99. The smallest absolute Gasteiger partial charge is 0.398 e. The first-order chi connectivity index (χ1) is 11.3. The van der Waals surface area contributed by atoms with E-state index in [1.165, 1.54) is 6.08 Å². The molecule has 3 rings (SSSR count). The van der Waals surface area contributed by atoms with Crippen molar-refractivity contribution in [3.63, 3.8) is 0 Å². The van der Waals surface area contributed by atoms with Gasteiger partial charge in [0.15, 0.2) is 0 Å². The highest BCUT2D eigenvalue weighted by atomic mass is 19.1. The van der Waals surface area contributed by atoms with Crippen molar-refractivity contribution in [1.82, 2.24) is 14.8 Å². The lowest BCUT2D eigenvalue weighted by atomic mass is 9.88. The normalized spacial score (nSPS) is 19.7. The summed E-state index contributed by atoms with van der Waals surface area (Å²) < 4.78 is 27.4. The van der Waals surface area contributed by atoms with Crippen LogP contribution >= 0.6 is 0 Å². The largest absolute Gasteiger partial charge is 0.524 e. The first-order valence-electron chi connectivity index (χ1n) is 7.93. The van der Waals surface area contributed by atoms with Crippen LogP contribution in [0.1, 0.15) is 27.7 Å². The summed E-state index contributed by atoms with van der Waals surface area (Å²) in [5.74, 6) is 0. The molecule has 2 aromatic rings. The summed E-state index contributed by atoms with van der Waals surface area (Å²) in [5.41, 5.74) is 0.171. The van der Waals surface area contributed by atoms with E-state index >= 15 is 0 Å². The van der Waals surface area contributed by atoms with Gasteiger partial charge < -0.3 is 9.31 Å². The number of nitrogens with zero attached hydrogens (tertiary/aromatic N) is 3. The number of hydrogen-bond donors (Lipinski definition) is 0. The first kappa shape index (κ1) is 16.9. The van der Waals surface area contributed by atoms with Crippen molar-refractivity contribution in [1.29, 1.82) is 0 Å². The number of halogens is 1. The van der Waals surface area contributed by atoms with E-state index in [4.69, 9.17) is 9.31 Å². The van der Waals surface area contributed by atoms with Gasteiger partial charge in [-0.05, 0) is 45.9 Å². The van der Waals surface area contributed by atoms with E-state index in [0.29, 0.717) is 6.54 Å². The van der Waals surface area contributed by atoms with E-state index in [9.17, 15) is 4.39 Å². The molecule has 3 heterocycles. The fraction of sp³-hybridized carbons (Fsp3) is 0.412. The van der Waals surface area contributed by atoms with Gasteiger partial charge in [0.25, 0.3) is 0 Å². The lowest BCUT2D eigenvalue weighted by molar-refractivity contribution is 0.00578. The molecule has 126 valence electrons. The molecule has 7 heteroatoms. The molecule has 1 aliphatic rings. The minimum absolute atomic E-state index is 0.294. The van der Waals surface area contributed by atoms with Crippen molar-refractivity contribution in [2.45, 2.75) is 45.4 Å². The molecule has 0 amide bonds. The zero-order chi connectivity index (χ0) is 17.4. The fourth-order valence-electron chi connectivity index (χ4n) is 2.36. The van der Waals surface area contributed by atoms with Crippen LogP contribution in [0, 0.1) is 0 Å². The maximum Gasteiger partial charge on any atom is 0.524 e. The zero-order valence-electron chi connectivity index (χ0n) is 14.4. The van der Waals surface area contributed by atoms with Gasteiger partial charge in [0, 0.05) is 18.0 Å². The lowest BCUT2D eigenvalue weighted by Crippen LogP contribution is -2.41. The standard InChI is InChI=1S/C17H21BFN3O2/c1-16(2)17(3,4)24-18(23-16)15(19)8-10-22-12-13(11-21-22)14-7-5-6-9-20-14/h5-9,11-12H,10H2,1-4H3. The highest BCUT2D eigenvalue weighted by molar-refractivity contribution is 6.53. The Labute approximate surface area is 141 Å². The molecule has 0 aliphatic carbocycles. The third-order valence-electron chi connectivity index (χ3n) is 4.55. The van der Waals surface area contributed by atoms with Crippen molar-refractivity contribution < 1.29 is 13.7 Å². The monoisotopic (exact) mass is 329 g/mol. The molecule has 0 radical (unpaired) electrons. The van der Waals surface area contributed by atoms with Crippen molar-refractivity contribution in [2.24, 2.45) is 0 Å². The second-order valence-electron chi connectivity index (χ2n) is 6.84. The molecule has 0 saturated carbocycles. The molecular weight excluding hydrogens is 308 g/mol. The van der Waals surface area contributed by atoms with Gasteiger partial charge in [0.2, 0.25) is 0 Å². The second-order valence-corrected chi connectivity index (χ2v) is 6.84. The molecule has 0 atom stereocenters. The minimum atomic E-state index is -0.971. The summed E-state index contributed by atoms with van der Waals surface area (Å²) in [4.78, 5) is 4.27.